The number of hydrogen-bond donors (Lipinski definition) is 2. The van der Waals surface area contributed by atoms with Gasteiger partial charge in [-0.3, -0.25) is 4.79 Å². The molecule has 0 bridgehead atoms. The molecule has 1 unspecified atom stereocenters. The second-order valence-corrected chi connectivity index (χ2v) is 9.45. The summed E-state index contributed by atoms with van der Waals surface area (Å²) in [6.07, 6.45) is -3.67. The highest BCUT2D eigenvalue weighted by Gasteiger charge is 2.35. The number of halogens is 5. The van der Waals surface area contributed by atoms with E-state index in [1.165, 1.54) is 48.7 Å². The standard InChI is InChI=1S/C19H13Cl2F3N4O3S/c1-32(25,30)12-4-2-3-11(8-12)26-17(29)13-9-16(19(22,23)24)27-28-18(13)31-15-6-5-10(20)7-14(15)21/h2-9,25H,1H3,(H,26,29). The van der Waals surface area contributed by atoms with Crippen molar-refractivity contribution in [2.24, 2.45) is 0 Å². The van der Waals surface area contributed by atoms with Crippen LogP contribution in [-0.4, -0.2) is 26.6 Å². The maximum atomic E-state index is 13.1. The third kappa shape index (κ3) is 5.67. The molecule has 3 aromatic rings. The zero-order valence-electron chi connectivity index (χ0n) is 16.0. The number of aromatic nitrogens is 2. The molecule has 0 aliphatic heterocycles. The number of ether oxygens (including phenoxy) is 1. The normalized spacial score (nSPS) is 13.3. The van der Waals surface area contributed by atoms with E-state index in [0.717, 1.165) is 0 Å². The topological polar surface area (TPSA) is 105 Å². The van der Waals surface area contributed by atoms with E-state index < -0.39 is 38.9 Å². The van der Waals surface area contributed by atoms with Gasteiger partial charge >= 0.3 is 6.18 Å². The zero-order chi connectivity index (χ0) is 23.7. The van der Waals surface area contributed by atoms with Crippen LogP contribution in [0.1, 0.15) is 16.1 Å². The number of carbonyl (C=O) groups excluding carboxylic acids is 1. The highest BCUT2D eigenvalue weighted by atomic mass is 35.5. The lowest BCUT2D eigenvalue weighted by Crippen LogP contribution is -2.18. The van der Waals surface area contributed by atoms with Crippen molar-refractivity contribution in [3.05, 3.63) is 69.8 Å². The van der Waals surface area contributed by atoms with Gasteiger partial charge < -0.3 is 10.1 Å². The molecule has 0 saturated carbocycles. The fourth-order valence-corrected chi connectivity index (χ4v) is 3.57. The van der Waals surface area contributed by atoms with Gasteiger partial charge in [0.1, 0.15) is 11.3 Å². The number of carbonyl (C=O) groups is 1. The molecule has 32 heavy (non-hydrogen) atoms. The number of rotatable bonds is 5. The molecule has 13 heteroatoms. The molecule has 0 aliphatic carbocycles. The molecule has 0 saturated heterocycles. The van der Waals surface area contributed by atoms with Crippen molar-refractivity contribution in [3.8, 4) is 11.6 Å². The third-order valence-corrected chi connectivity index (χ3v) is 5.62. The van der Waals surface area contributed by atoms with Crippen molar-refractivity contribution in [3.63, 3.8) is 0 Å². The molecule has 7 nitrogen and oxygen atoms in total. The first kappa shape index (κ1) is 23.8. The van der Waals surface area contributed by atoms with Crippen LogP contribution in [0.25, 0.3) is 0 Å². The fraction of sp³-hybridized carbons (Fsp3) is 0.105. The summed E-state index contributed by atoms with van der Waals surface area (Å²) in [7, 11) is -3.08. The van der Waals surface area contributed by atoms with E-state index in [2.05, 4.69) is 15.5 Å². The van der Waals surface area contributed by atoms with Gasteiger partial charge in [-0.1, -0.05) is 29.3 Å². The average molecular weight is 505 g/mol. The first-order valence-electron chi connectivity index (χ1n) is 8.57. The minimum atomic E-state index is -4.86. The van der Waals surface area contributed by atoms with Gasteiger partial charge in [0.15, 0.2) is 5.69 Å². The van der Waals surface area contributed by atoms with E-state index in [4.69, 9.17) is 32.7 Å². The van der Waals surface area contributed by atoms with E-state index in [-0.39, 0.29) is 21.4 Å². The van der Waals surface area contributed by atoms with Crippen LogP contribution in [0.4, 0.5) is 18.9 Å². The van der Waals surface area contributed by atoms with E-state index in [9.17, 15) is 22.2 Å². The number of nitrogens with zero attached hydrogens (tertiary/aromatic N) is 2. The van der Waals surface area contributed by atoms with Crippen molar-refractivity contribution < 1.29 is 26.9 Å². The Morgan fingerprint density at radius 1 is 1.12 bits per heavy atom. The smallest absolute Gasteiger partial charge is 0.435 e. The number of alkyl halides is 3. The third-order valence-electron chi connectivity index (χ3n) is 3.94. The van der Waals surface area contributed by atoms with Crippen LogP contribution >= 0.6 is 23.2 Å². The molecule has 1 amide bonds. The molecule has 1 atom stereocenters. The summed E-state index contributed by atoms with van der Waals surface area (Å²) in [6, 6.07) is 10.2. The van der Waals surface area contributed by atoms with Gasteiger partial charge in [-0.2, -0.15) is 13.2 Å². The van der Waals surface area contributed by atoms with Crippen LogP contribution < -0.4 is 10.1 Å². The maximum Gasteiger partial charge on any atom is 0.435 e. The Morgan fingerprint density at radius 2 is 1.84 bits per heavy atom. The van der Waals surface area contributed by atoms with Gasteiger partial charge in [-0.15, -0.1) is 10.2 Å². The number of amides is 1. The summed E-state index contributed by atoms with van der Waals surface area (Å²) in [5, 5.41) is 9.19. The first-order valence-corrected chi connectivity index (χ1v) is 11.3. The molecule has 3 rings (SSSR count). The van der Waals surface area contributed by atoms with E-state index in [1.54, 1.807) is 0 Å². The van der Waals surface area contributed by atoms with Crippen molar-refractivity contribution in [2.75, 3.05) is 11.6 Å². The molecule has 0 fully saturated rings. The molecular formula is C19H13Cl2F3N4O3S. The molecule has 1 aromatic heterocycles. The lowest BCUT2D eigenvalue weighted by atomic mass is 10.2. The quantitative estimate of drug-likeness (QED) is 0.451. The predicted octanol–water partition coefficient (Wildman–Crippen LogP) is 5.88. The second kappa shape index (κ2) is 8.93. The maximum absolute atomic E-state index is 13.1. The Labute approximate surface area is 190 Å². The zero-order valence-corrected chi connectivity index (χ0v) is 18.4. The van der Waals surface area contributed by atoms with Crippen LogP contribution in [0.3, 0.4) is 0 Å². The van der Waals surface area contributed by atoms with Crippen LogP contribution in [0, 0.1) is 4.78 Å². The van der Waals surface area contributed by atoms with E-state index in [0.29, 0.717) is 11.1 Å². The van der Waals surface area contributed by atoms with Crippen molar-refractivity contribution in [2.45, 2.75) is 11.1 Å². The van der Waals surface area contributed by atoms with Gasteiger partial charge in [-0.05, 0) is 42.5 Å². The van der Waals surface area contributed by atoms with Crippen LogP contribution in [0.2, 0.25) is 10.0 Å². The Morgan fingerprint density at radius 3 is 2.47 bits per heavy atom. The van der Waals surface area contributed by atoms with Crippen molar-refractivity contribution >= 4 is 44.5 Å². The number of benzene rings is 2. The monoisotopic (exact) mass is 504 g/mol. The van der Waals surface area contributed by atoms with Crippen molar-refractivity contribution in [1.29, 1.82) is 4.78 Å². The lowest BCUT2D eigenvalue weighted by molar-refractivity contribution is -0.141. The fourth-order valence-electron chi connectivity index (χ4n) is 2.43. The van der Waals surface area contributed by atoms with Gasteiger partial charge in [0.05, 0.1) is 14.8 Å². The van der Waals surface area contributed by atoms with E-state index >= 15 is 0 Å². The Hall–Kier alpha value is -2.89. The SMILES string of the molecule is CS(=N)(=O)c1cccc(NC(=O)c2cc(C(F)(F)F)nnc2Oc2ccc(Cl)cc2Cl)c1. The molecule has 1 heterocycles. The Balaban J connectivity index is 2.01. The minimum absolute atomic E-state index is 0.0129. The Bertz CT molecular complexity index is 1300. The predicted molar refractivity (Wildman–Crippen MR) is 113 cm³/mol. The molecule has 168 valence electrons. The molecule has 0 aliphatic rings. The molecule has 0 spiro atoms. The largest absolute Gasteiger partial charge is 0.435 e. The first-order chi connectivity index (χ1) is 14.8. The number of anilines is 1. The van der Waals surface area contributed by atoms with Crippen LogP contribution in [-0.2, 0) is 15.9 Å². The van der Waals surface area contributed by atoms with Gasteiger partial charge in [0.25, 0.3) is 11.8 Å². The average Bonchev–Trinajstić information content (AvgIpc) is 2.69. The molecule has 0 radical (unpaired) electrons. The highest BCUT2D eigenvalue weighted by Crippen LogP contribution is 2.34. The second-order valence-electron chi connectivity index (χ2n) is 6.45. The summed E-state index contributed by atoms with van der Waals surface area (Å²) < 4.78 is 64.4. The van der Waals surface area contributed by atoms with Crippen LogP contribution in [0.5, 0.6) is 11.6 Å². The number of hydrogen-bond acceptors (Lipinski definition) is 6. The van der Waals surface area contributed by atoms with E-state index in [1.807, 2.05) is 0 Å². The van der Waals surface area contributed by atoms with Gasteiger partial charge in [0.2, 0.25) is 0 Å². The molecule has 2 N–H and O–H groups in total. The summed E-state index contributed by atoms with van der Waals surface area (Å²) in [6.45, 7) is 0. The summed E-state index contributed by atoms with van der Waals surface area (Å²) in [4.78, 5) is 12.9. The lowest BCUT2D eigenvalue weighted by Gasteiger charge is -2.13. The van der Waals surface area contributed by atoms with Crippen molar-refractivity contribution in [1.82, 2.24) is 10.2 Å². The van der Waals surface area contributed by atoms with Gasteiger partial charge in [-0.25, -0.2) is 8.99 Å². The van der Waals surface area contributed by atoms with Crippen LogP contribution in [0.15, 0.2) is 53.4 Å². The summed E-state index contributed by atoms with van der Waals surface area (Å²) in [5.74, 6) is -1.55. The Kier molecular flexibility index (Phi) is 6.63. The molecular weight excluding hydrogens is 492 g/mol. The summed E-state index contributed by atoms with van der Waals surface area (Å²) in [5.41, 5.74) is -1.88. The highest BCUT2D eigenvalue weighted by molar-refractivity contribution is 7.91. The number of nitrogens with one attached hydrogen (secondary N) is 2. The summed E-state index contributed by atoms with van der Waals surface area (Å²) >= 11 is 11.8. The minimum Gasteiger partial charge on any atom is -0.435 e. The molecule has 2 aromatic carbocycles. The van der Waals surface area contributed by atoms with Gasteiger partial charge in [0, 0.05) is 21.9 Å².